The maximum atomic E-state index is 5.84. The maximum absolute atomic E-state index is 5.84. The van der Waals surface area contributed by atoms with Gasteiger partial charge in [0, 0.05) is 67.7 Å². The highest BCUT2D eigenvalue weighted by molar-refractivity contribution is 5.59. The Kier molecular flexibility index (Phi) is 6.15. The number of nitrogens with zero attached hydrogens (tertiary/aromatic N) is 6. The van der Waals surface area contributed by atoms with Gasteiger partial charge in [0.2, 0.25) is 0 Å². The Morgan fingerprint density at radius 3 is 2.47 bits per heavy atom. The lowest BCUT2D eigenvalue weighted by Crippen LogP contribution is -2.34. The van der Waals surface area contributed by atoms with Gasteiger partial charge in [0.25, 0.3) is 0 Å². The molecule has 0 radical (unpaired) electrons. The number of anilines is 2. The van der Waals surface area contributed by atoms with E-state index in [0.717, 1.165) is 73.3 Å². The molecule has 184 valence electrons. The molecule has 2 N–H and O–H groups in total. The predicted octanol–water partition coefficient (Wildman–Crippen LogP) is 4.77. The van der Waals surface area contributed by atoms with E-state index >= 15 is 0 Å². The molecule has 0 amide bonds. The van der Waals surface area contributed by atoms with Crippen molar-refractivity contribution in [3.63, 3.8) is 0 Å². The smallest absolute Gasteiger partial charge is 0.159 e. The van der Waals surface area contributed by atoms with Crippen molar-refractivity contribution in [1.29, 1.82) is 0 Å². The van der Waals surface area contributed by atoms with Crippen LogP contribution in [0.1, 0.15) is 41.8 Å². The molecule has 0 unspecified atom stereocenters. The van der Waals surface area contributed by atoms with E-state index in [2.05, 4.69) is 56.7 Å². The molecule has 7 nitrogen and oxygen atoms in total. The lowest BCUT2D eigenvalue weighted by Gasteiger charge is -2.32. The summed E-state index contributed by atoms with van der Waals surface area (Å²) < 4.78 is 2.16. The first kappa shape index (κ1) is 22.7. The van der Waals surface area contributed by atoms with Gasteiger partial charge < -0.3 is 10.6 Å². The van der Waals surface area contributed by atoms with Crippen molar-refractivity contribution in [2.24, 2.45) is 0 Å². The first-order chi connectivity index (χ1) is 17.7. The highest BCUT2D eigenvalue weighted by Gasteiger charge is 2.26. The average molecular weight is 480 g/mol. The molecule has 6 rings (SSSR count). The lowest BCUT2D eigenvalue weighted by molar-refractivity contribution is 0.242. The molecule has 2 aliphatic rings. The van der Waals surface area contributed by atoms with Gasteiger partial charge in [0.05, 0.1) is 17.1 Å². The zero-order valence-corrected chi connectivity index (χ0v) is 20.9. The fourth-order valence-electron chi connectivity index (χ4n) is 5.42. The Morgan fingerprint density at radius 2 is 1.69 bits per heavy atom. The standard InChI is InChI=1S/C29H33N7/c1-21-26(29(35-15-6-3-7-16-35)36(33-21)25-8-4-2-5-9-25)20-34-17-14-27-23(19-34)18-31-28(32-27)22-10-12-24(30)13-11-22/h2,4-5,8-13,18H,3,6-7,14-17,19-20,30H2,1H3. The van der Waals surface area contributed by atoms with Crippen molar-refractivity contribution in [2.75, 3.05) is 30.3 Å². The third-order valence-corrected chi connectivity index (χ3v) is 7.38. The number of aryl methyl sites for hydroxylation is 1. The fraction of sp³-hybridized carbons (Fsp3) is 0.345. The number of para-hydroxylation sites is 1. The summed E-state index contributed by atoms with van der Waals surface area (Å²) >= 11 is 0. The van der Waals surface area contributed by atoms with E-state index in [1.54, 1.807) is 0 Å². The van der Waals surface area contributed by atoms with Gasteiger partial charge in [0.15, 0.2) is 5.82 Å². The van der Waals surface area contributed by atoms with Crippen LogP contribution in [-0.2, 0) is 19.5 Å². The van der Waals surface area contributed by atoms with Crippen molar-refractivity contribution < 1.29 is 0 Å². The van der Waals surface area contributed by atoms with Crippen LogP contribution in [0.2, 0.25) is 0 Å². The van der Waals surface area contributed by atoms with Crippen molar-refractivity contribution in [1.82, 2.24) is 24.6 Å². The normalized spacial score (nSPS) is 16.2. The molecule has 1 saturated heterocycles. The number of rotatable bonds is 5. The van der Waals surface area contributed by atoms with Crippen LogP contribution in [0.5, 0.6) is 0 Å². The minimum atomic E-state index is 0.752. The lowest BCUT2D eigenvalue weighted by atomic mass is 10.0. The van der Waals surface area contributed by atoms with Gasteiger partial charge in [-0.1, -0.05) is 18.2 Å². The van der Waals surface area contributed by atoms with Crippen LogP contribution in [0.25, 0.3) is 17.1 Å². The fourth-order valence-corrected chi connectivity index (χ4v) is 5.42. The van der Waals surface area contributed by atoms with Gasteiger partial charge in [-0.05, 0) is 62.6 Å². The summed E-state index contributed by atoms with van der Waals surface area (Å²) in [4.78, 5) is 14.6. The number of aromatic nitrogens is 4. The van der Waals surface area contributed by atoms with Crippen LogP contribution in [0.4, 0.5) is 11.5 Å². The molecule has 0 bridgehead atoms. The Labute approximate surface area is 212 Å². The molecule has 36 heavy (non-hydrogen) atoms. The minimum Gasteiger partial charge on any atom is -0.399 e. The second-order valence-corrected chi connectivity index (χ2v) is 9.93. The van der Waals surface area contributed by atoms with Crippen molar-refractivity contribution in [2.45, 2.75) is 45.7 Å². The Bertz CT molecular complexity index is 1340. The molecule has 7 heteroatoms. The topological polar surface area (TPSA) is 76.1 Å². The van der Waals surface area contributed by atoms with Crippen molar-refractivity contribution in [3.05, 3.63) is 83.3 Å². The van der Waals surface area contributed by atoms with Gasteiger partial charge in [-0.15, -0.1) is 0 Å². The van der Waals surface area contributed by atoms with E-state index in [1.807, 2.05) is 30.5 Å². The highest BCUT2D eigenvalue weighted by Crippen LogP contribution is 2.32. The molecule has 0 saturated carbocycles. The third kappa shape index (κ3) is 4.46. The Balaban J connectivity index is 1.27. The van der Waals surface area contributed by atoms with Crippen molar-refractivity contribution in [3.8, 4) is 17.1 Å². The largest absolute Gasteiger partial charge is 0.399 e. The number of hydrogen-bond donors (Lipinski definition) is 1. The second kappa shape index (κ2) is 9.74. The third-order valence-electron chi connectivity index (χ3n) is 7.38. The summed E-state index contributed by atoms with van der Waals surface area (Å²) in [5.41, 5.74) is 13.5. The summed E-state index contributed by atoms with van der Waals surface area (Å²) in [5, 5.41) is 5.03. The van der Waals surface area contributed by atoms with Crippen molar-refractivity contribution >= 4 is 11.5 Å². The quantitative estimate of drug-likeness (QED) is 0.416. The van der Waals surface area contributed by atoms with Gasteiger partial charge in [-0.2, -0.15) is 5.10 Å². The van der Waals surface area contributed by atoms with Crippen LogP contribution >= 0.6 is 0 Å². The van der Waals surface area contributed by atoms with Gasteiger partial charge in [-0.25, -0.2) is 14.6 Å². The zero-order valence-electron chi connectivity index (χ0n) is 20.9. The molecule has 2 aromatic carbocycles. The maximum Gasteiger partial charge on any atom is 0.159 e. The number of piperidine rings is 1. The number of nitrogens with two attached hydrogens (primary N) is 1. The predicted molar refractivity (Wildman–Crippen MR) is 144 cm³/mol. The van der Waals surface area contributed by atoms with E-state index in [1.165, 1.54) is 36.2 Å². The molecule has 0 atom stereocenters. The van der Waals surface area contributed by atoms with Crippen LogP contribution in [0.3, 0.4) is 0 Å². The van der Waals surface area contributed by atoms with Gasteiger partial charge >= 0.3 is 0 Å². The van der Waals surface area contributed by atoms with E-state index in [9.17, 15) is 0 Å². The molecular weight excluding hydrogens is 446 g/mol. The highest BCUT2D eigenvalue weighted by atomic mass is 15.4. The summed E-state index contributed by atoms with van der Waals surface area (Å²) in [6, 6.07) is 18.3. The summed E-state index contributed by atoms with van der Waals surface area (Å²) in [6.45, 7) is 7.05. The number of fused-ring (bicyclic) bond motifs is 1. The van der Waals surface area contributed by atoms with Crippen LogP contribution < -0.4 is 10.6 Å². The molecule has 4 heterocycles. The average Bonchev–Trinajstić information content (AvgIpc) is 3.25. The van der Waals surface area contributed by atoms with Gasteiger partial charge in [-0.3, -0.25) is 4.90 Å². The monoisotopic (exact) mass is 479 g/mol. The first-order valence-electron chi connectivity index (χ1n) is 13.0. The number of nitrogen functional groups attached to an aromatic ring is 1. The molecule has 0 spiro atoms. The molecular formula is C29H33N7. The summed E-state index contributed by atoms with van der Waals surface area (Å²) in [6.07, 6.45) is 6.72. The molecule has 2 aliphatic heterocycles. The van der Waals surface area contributed by atoms with E-state index in [4.69, 9.17) is 15.8 Å². The molecule has 1 fully saturated rings. The summed E-state index contributed by atoms with van der Waals surface area (Å²) in [7, 11) is 0. The van der Waals surface area contributed by atoms with Crippen LogP contribution in [-0.4, -0.2) is 44.3 Å². The van der Waals surface area contributed by atoms with Crippen LogP contribution in [0.15, 0.2) is 60.8 Å². The number of hydrogen-bond acceptors (Lipinski definition) is 6. The van der Waals surface area contributed by atoms with E-state index < -0.39 is 0 Å². The van der Waals surface area contributed by atoms with E-state index in [-0.39, 0.29) is 0 Å². The van der Waals surface area contributed by atoms with Crippen LogP contribution in [0, 0.1) is 6.92 Å². The molecule has 0 aliphatic carbocycles. The summed E-state index contributed by atoms with van der Waals surface area (Å²) in [5.74, 6) is 2.04. The molecule has 4 aromatic rings. The Morgan fingerprint density at radius 1 is 0.917 bits per heavy atom. The molecule has 2 aromatic heterocycles. The first-order valence-corrected chi connectivity index (χ1v) is 13.0. The SMILES string of the molecule is Cc1nn(-c2ccccc2)c(N2CCCCC2)c1CN1CCc2nc(-c3ccc(N)cc3)ncc2C1. The van der Waals surface area contributed by atoms with Gasteiger partial charge in [0.1, 0.15) is 5.82 Å². The van der Waals surface area contributed by atoms with E-state index in [0.29, 0.717) is 0 Å². The number of benzene rings is 2. The zero-order chi connectivity index (χ0) is 24.5. The Hall–Kier alpha value is -3.71. The second-order valence-electron chi connectivity index (χ2n) is 9.93. The minimum absolute atomic E-state index is 0.752.